The highest BCUT2D eigenvalue weighted by atomic mass is 19.4. The lowest BCUT2D eigenvalue weighted by molar-refractivity contribution is -0.176. The van der Waals surface area contributed by atoms with Gasteiger partial charge in [0.05, 0.1) is 6.07 Å². The summed E-state index contributed by atoms with van der Waals surface area (Å²) in [5.41, 5.74) is -1.46. The first-order valence-electron chi connectivity index (χ1n) is 13.3. The second kappa shape index (κ2) is 9.72. The van der Waals surface area contributed by atoms with Crippen LogP contribution in [0.15, 0.2) is 0 Å². The third-order valence-corrected chi connectivity index (χ3v) is 8.73. The Kier molecular flexibility index (Phi) is 7.21. The van der Waals surface area contributed by atoms with Gasteiger partial charge in [-0.2, -0.15) is 18.4 Å². The largest absolute Gasteiger partial charge is 0.471 e. The zero-order valence-electron chi connectivity index (χ0n) is 22.0. The molecule has 2 aliphatic carbocycles. The SMILES string of the molecule is CC(C)(C)[C@H](NC(=O)C(F)(F)F)C(=O)N1CC2(CCC2)C[C@H]1C(=O)N[C@H](C#N)C[C@@H]1CCC2(CC2)NC1=O. The molecule has 4 amide bonds. The molecule has 2 saturated heterocycles. The summed E-state index contributed by atoms with van der Waals surface area (Å²) in [5, 5.41) is 17.3. The van der Waals surface area contributed by atoms with Crippen molar-refractivity contribution in [2.45, 2.75) is 108 Å². The minimum Gasteiger partial charge on any atom is -0.350 e. The number of hydrogen-bond acceptors (Lipinski definition) is 5. The molecule has 210 valence electrons. The highest BCUT2D eigenvalue weighted by Gasteiger charge is 2.54. The molecular weight excluding hydrogens is 503 g/mol. The number of likely N-dealkylation sites (tertiary alicyclic amines) is 1. The van der Waals surface area contributed by atoms with Crippen LogP contribution in [0.3, 0.4) is 0 Å². The molecule has 4 fully saturated rings. The molecule has 0 bridgehead atoms. The molecule has 0 unspecified atom stereocenters. The number of nitrogens with one attached hydrogen (secondary N) is 3. The van der Waals surface area contributed by atoms with Crippen molar-refractivity contribution in [1.82, 2.24) is 20.9 Å². The number of alkyl halides is 3. The molecule has 0 aromatic rings. The van der Waals surface area contributed by atoms with Crippen LogP contribution >= 0.6 is 0 Å². The Bertz CT molecular complexity index is 1040. The van der Waals surface area contributed by atoms with E-state index in [0.717, 1.165) is 38.5 Å². The smallest absolute Gasteiger partial charge is 0.350 e. The maximum atomic E-state index is 13.6. The van der Waals surface area contributed by atoms with E-state index in [1.807, 2.05) is 11.4 Å². The van der Waals surface area contributed by atoms with E-state index in [9.17, 15) is 37.6 Å². The summed E-state index contributed by atoms with van der Waals surface area (Å²) in [6.07, 6.45) is 1.16. The lowest BCUT2D eigenvalue weighted by Crippen LogP contribution is -2.59. The van der Waals surface area contributed by atoms with Crippen molar-refractivity contribution in [3.63, 3.8) is 0 Å². The molecule has 9 nitrogen and oxygen atoms in total. The molecule has 2 heterocycles. The number of amides is 4. The Hall–Kier alpha value is -2.84. The standard InChI is InChI=1S/C26H36F3N5O4/c1-23(2,3)18(32-22(38)26(27,28)29)21(37)34-14-24(6-4-7-24)12-17(34)20(36)31-16(13-30)11-15-5-8-25(9-10-25)33-19(15)35/h15-18H,4-12,14H2,1-3H3,(H,31,36)(H,32,38)(H,33,35)/t15-,16-,17-,18+/m0/s1. The molecule has 4 rings (SSSR count). The highest BCUT2D eigenvalue weighted by molar-refractivity contribution is 5.94. The summed E-state index contributed by atoms with van der Waals surface area (Å²) in [4.78, 5) is 52.6. The average Bonchev–Trinajstić information content (AvgIpc) is 3.39. The Morgan fingerprint density at radius 2 is 1.79 bits per heavy atom. The molecule has 12 heteroatoms. The molecule has 38 heavy (non-hydrogen) atoms. The van der Waals surface area contributed by atoms with Crippen LogP contribution in [0.4, 0.5) is 13.2 Å². The van der Waals surface area contributed by atoms with Gasteiger partial charge in [0.25, 0.3) is 0 Å². The van der Waals surface area contributed by atoms with Crippen molar-refractivity contribution in [2.24, 2.45) is 16.7 Å². The fourth-order valence-corrected chi connectivity index (χ4v) is 6.04. The van der Waals surface area contributed by atoms with Gasteiger partial charge in [0.2, 0.25) is 17.7 Å². The average molecular weight is 540 g/mol. The summed E-state index contributed by atoms with van der Waals surface area (Å²) < 4.78 is 39.1. The van der Waals surface area contributed by atoms with Gasteiger partial charge in [-0.1, -0.05) is 27.2 Å². The molecule has 0 radical (unpaired) electrons. The molecule has 2 aliphatic heterocycles. The second-order valence-electron chi connectivity index (χ2n) is 12.7. The van der Waals surface area contributed by atoms with E-state index in [1.165, 1.54) is 4.90 Å². The van der Waals surface area contributed by atoms with Crippen LogP contribution in [-0.2, 0) is 19.2 Å². The molecule has 2 spiro atoms. The van der Waals surface area contributed by atoms with Crippen molar-refractivity contribution >= 4 is 23.6 Å². The minimum atomic E-state index is -5.16. The normalized spacial score (nSPS) is 27.1. The van der Waals surface area contributed by atoms with Gasteiger partial charge in [0.1, 0.15) is 18.1 Å². The Morgan fingerprint density at radius 1 is 1.13 bits per heavy atom. The quantitative estimate of drug-likeness (QED) is 0.477. The van der Waals surface area contributed by atoms with E-state index in [1.54, 1.807) is 20.8 Å². The van der Waals surface area contributed by atoms with Gasteiger partial charge in [0, 0.05) is 18.0 Å². The molecule has 3 N–H and O–H groups in total. The van der Waals surface area contributed by atoms with Crippen molar-refractivity contribution in [3.05, 3.63) is 0 Å². The maximum absolute atomic E-state index is 13.6. The highest BCUT2D eigenvalue weighted by Crippen LogP contribution is 2.51. The second-order valence-corrected chi connectivity index (χ2v) is 12.7. The molecule has 0 aromatic heterocycles. The minimum absolute atomic E-state index is 0.0914. The van der Waals surface area contributed by atoms with Crippen LogP contribution < -0.4 is 16.0 Å². The predicted molar refractivity (Wildman–Crippen MR) is 129 cm³/mol. The number of hydrogen-bond donors (Lipinski definition) is 3. The van der Waals surface area contributed by atoms with E-state index >= 15 is 0 Å². The molecule has 2 saturated carbocycles. The van der Waals surface area contributed by atoms with Crippen molar-refractivity contribution in [1.29, 1.82) is 5.26 Å². The summed E-state index contributed by atoms with van der Waals surface area (Å²) in [6, 6.07) is -1.40. The summed E-state index contributed by atoms with van der Waals surface area (Å²) in [6.45, 7) is 4.83. The number of nitriles is 1. The Labute approximate surface area is 220 Å². The third-order valence-electron chi connectivity index (χ3n) is 8.73. The van der Waals surface area contributed by atoms with E-state index in [0.29, 0.717) is 12.8 Å². The van der Waals surface area contributed by atoms with Gasteiger partial charge < -0.3 is 20.9 Å². The van der Waals surface area contributed by atoms with Gasteiger partial charge in [-0.05, 0) is 62.2 Å². The van der Waals surface area contributed by atoms with Crippen molar-refractivity contribution in [2.75, 3.05) is 6.54 Å². The van der Waals surface area contributed by atoms with Crippen LogP contribution in [0.5, 0.6) is 0 Å². The lowest BCUT2D eigenvalue weighted by atomic mass is 9.67. The number of piperidine rings is 1. The van der Waals surface area contributed by atoms with Gasteiger partial charge in [0.15, 0.2) is 0 Å². The van der Waals surface area contributed by atoms with Gasteiger partial charge in [-0.25, -0.2) is 0 Å². The number of carbonyl (C=O) groups is 4. The topological polar surface area (TPSA) is 131 Å². The van der Waals surface area contributed by atoms with Crippen molar-refractivity contribution in [3.8, 4) is 6.07 Å². The predicted octanol–water partition coefficient (Wildman–Crippen LogP) is 2.31. The zero-order chi connectivity index (χ0) is 28.1. The fourth-order valence-electron chi connectivity index (χ4n) is 6.04. The maximum Gasteiger partial charge on any atom is 0.471 e. The van der Waals surface area contributed by atoms with Crippen molar-refractivity contribution < 1.29 is 32.3 Å². The number of halogens is 3. The molecule has 4 aliphatic rings. The number of rotatable bonds is 6. The van der Waals surface area contributed by atoms with E-state index in [-0.39, 0.29) is 29.8 Å². The summed E-state index contributed by atoms with van der Waals surface area (Å²) in [7, 11) is 0. The first kappa shape index (κ1) is 28.2. The van der Waals surface area contributed by atoms with Crippen LogP contribution in [-0.4, -0.2) is 64.9 Å². The number of nitrogens with zero attached hydrogens (tertiary/aromatic N) is 2. The number of carbonyl (C=O) groups excluding carboxylic acids is 4. The van der Waals surface area contributed by atoms with Crippen LogP contribution in [0, 0.1) is 28.1 Å². The third kappa shape index (κ3) is 5.76. The summed E-state index contributed by atoms with van der Waals surface area (Å²) in [5.74, 6) is -4.07. The van der Waals surface area contributed by atoms with Gasteiger partial charge >= 0.3 is 12.1 Å². The van der Waals surface area contributed by atoms with Crippen LogP contribution in [0.2, 0.25) is 0 Å². The lowest BCUT2D eigenvalue weighted by Gasteiger charge is -2.39. The van der Waals surface area contributed by atoms with Gasteiger partial charge in [-0.15, -0.1) is 0 Å². The monoisotopic (exact) mass is 539 g/mol. The Balaban J connectivity index is 1.48. The zero-order valence-corrected chi connectivity index (χ0v) is 22.0. The first-order valence-corrected chi connectivity index (χ1v) is 13.3. The Morgan fingerprint density at radius 3 is 2.26 bits per heavy atom. The van der Waals surface area contributed by atoms with E-state index in [4.69, 9.17) is 0 Å². The molecular formula is C26H36F3N5O4. The first-order chi connectivity index (χ1) is 17.6. The fraction of sp³-hybridized carbons (Fsp3) is 0.808. The molecule has 4 atom stereocenters. The van der Waals surface area contributed by atoms with Crippen LogP contribution in [0.1, 0.15) is 78.6 Å². The molecule has 0 aromatic carbocycles. The van der Waals surface area contributed by atoms with E-state index in [2.05, 4.69) is 10.6 Å². The van der Waals surface area contributed by atoms with E-state index < -0.39 is 53.4 Å². The van der Waals surface area contributed by atoms with Gasteiger partial charge in [-0.3, -0.25) is 19.2 Å². The van der Waals surface area contributed by atoms with Crippen LogP contribution in [0.25, 0.3) is 0 Å². The summed E-state index contributed by atoms with van der Waals surface area (Å²) >= 11 is 0.